The lowest BCUT2D eigenvalue weighted by Gasteiger charge is -2.14. The molecule has 0 saturated heterocycles. The summed E-state index contributed by atoms with van der Waals surface area (Å²) in [5.41, 5.74) is 4.74. The van der Waals surface area contributed by atoms with E-state index >= 15 is 0 Å². The standard InChI is InChI=1S/C12H15ClN4/c1-17-7-12(15-8-17)11(16-14)6-9-4-2-3-5-10(9)13/h2-5,7-8,11,16H,6,14H2,1H3. The molecular formula is C12H15ClN4. The Hall–Kier alpha value is -1.36. The third kappa shape index (κ3) is 2.85. The van der Waals surface area contributed by atoms with Crippen molar-refractivity contribution < 1.29 is 0 Å². The van der Waals surface area contributed by atoms with E-state index in [4.69, 9.17) is 17.4 Å². The highest BCUT2D eigenvalue weighted by Crippen LogP contribution is 2.21. The molecule has 0 spiro atoms. The summed E-state index contributed by atoms with van der Waals surface area (Å²) in [5, 5.41) is 0.753. The maximum Gasteiger partial charge on any atom is 0.0947 e. The van der Waals surface area contributed by atoms with Crippen LogP contribution in [0.5, 0.6) is 0 Å². The van der Waals surface area contributed by atoms with Gasteiger partial charge in [0.05, 0.1) is 18.1 Å². The second kappa shape index (κ2) is 5.31. The smallest absolute Gasteiger partial charge is 0.0947 e. The Bertz CT molecular complexity index is 495. The van der Waals surface area contributed by atoms with E-state index in [0.29, 0.717) is 6.42 Å². The zero-order valence-electron chi connectivity index (χ0n) is 9.60. The van der Waals surface area contributed by atoms with Crippen molar-refractivity contribution in [2.75, 3.05) is 0 Å². The lowest BCUT2D eigenvalue weighted by molar-refractivity contribution is 0.540. The van der Waals surface area contributed by atoms with Gasteiger partial charge in [-0.1, -0.05) is 29.8 Å². The molecular weight excluding hydrogens is 236 g/mol. The van der Waals surface area contributed by atoms with Gasteiger partial charge in [-0.2, -0.15) is 0 Å². The van der Waals surface area contributed by atoms with Crippen molar-refractivity contribution in [1.29, 1.82) is 0 Å². The minimum atomic E-state index is -0.0314. The fraction of sp³-hybridized carbons (Fsp3) is 0.250. The van der Waals surface area contributed by atoms with Crippen LogP contribution in [0, 0.1) is 0 Å². The van der Waals surface area contributed by atoms with Gasteiger partial charge in [-0.15, -0.1) is 0 Å². The summed E-state index contributed by atoms with van der Waals surface area (Å²) in [7, 11) is 1.93. The maximum absolute atomic E-state index is 6.12. The van der Waals surface area contributed by atoms with Gasteiger partial charge in [0, 0.05) is 18.3 Å². The summed E-state index contributed by atoms with van der Waals surface area (Å²) >= 11 is 6.12. The molecule has 2 aromatic rings. The van der Waals surface area contributed by atoms with E-state index in [9.17, 15) is 0 Å². The molecule has 1 atom stereocenters. The van der Waals surface area contributed by atoms with Gasteiger partial charge in [0.15, 0.2) is 0 Å². The summed E-state index contributed by atoms with van der Waals surface area (Å²) in [4.78, 5) is 4.29. The van der Waals surface area contributed by atoms with Gasteiger partial charge in [-0.3, -0.25) is 11.3 Å². The highest BCUT2D eigenvalue weighted by Gasteiger charge is 2.14. The first-order valence-corrected chi connectivity index (χ1v) is 5.76. The zero-order chi connectivity index (χ0) is 12.3. The molecule has 5 heteroatoms. The van der Waals surface area contributed by atoms with Crippen LogP contribution in [0.4, 0.5) is 0 Å². The fourth-order valence-corrected chi connectivity index (χ4v) is 1.96. The van der Waals surface area contributed by atoms with Crippen molar-refractivity contribution in [2.45, 2.75) is 12.5 Å². The van der Waals surface area contributed by atoms with Gasteiger partial charge in [0.1, 0.15) is 0 Å². The third-order valence-corrected chi connectivity index (χ3v) is 3.03. The number of nitrogens with zero attached hydrogens (tertiary/aromatic N) is 2. The number of aromatic nitrogens is 2. The molecule has 0 bridgehead atoms. The number of benzene rings is 1. The molecule has 0 radical (unpaired) electrons. The molecule has 0 aliphatic rings. The Morgan fingerprint density at radius 3 is 2.82 bits per heavy atom. The fourth-order valence-electron chi connectivity index (χ4n) is 1.75. The zero-order valence-corrected chi connectivity index (χ0v) is 10.4. The SMILES string of the molecule is Cn1cnc(C(Cc2ccccc2Cl)NN)c1. The summed E-state index contributed by atoms with van der Waals surface area (Å²) in [5.74, 6) is 5.57. The van der Waals surface area contributed by atoms with Crippen molar-refractivity contribution in [2.24, 2.45) is 12.9 Å². The normalized spacial score (nSPS) is 12.6. The Balaban J connectivity index is 2.18. The van der Waals surface area contributed by atoms with Gasteiger partial charge in [0.25, 0.3) is 0 Å². The van der Waals surface area contributed by atoms with E-state index in [2.05, 4.69) is 10.4 Å². The highest BCUT2D eigenvalue weighted by molar-refractivity contribution is 6.31. The molecule has 1 heterocycles. The molecule has 2 rings (SSSR count). The molecule has 0 aliphatic heterocycles. The van der Waals surface area contributed by atoms with Crippen molar-refractivity contribution in [3.8, 4) is 0 Å². The lowest BCUT2D eigenvalue weighted by atomic mass is 10.0. The van der Waals surface area contributed by atoms with E-state index in [-0.39, 0.29) is 6.04 Å². The molecule has 1 aromatic heterocycles. The maximum atomic E-state index is 6.12. The summed E-state index contributed by atoms with van der Waals surface area (Å²) in [6, 6.07) is 7.72. The summed E-state index contributed by atoms with van der Waals surface area (Å²) in [6.07, 6.45) is 4.42. The average Bonchev–Trinajstić information content (AvgIpc) is 2.75. The van der Waals surface area contributed by atoms with Crippen LogP contribution in [0.2, 0.25) is 5.02 Å². The number of hydrazine groups is 1. The molecule has 17 heavy (non-hydrogen) atoms. The van der Waals surface area contributed by atoms with Crippen LogP contribution in [0.25, 0.3) is 0 Å². The van der Waals surface area contributed by atoms with Crippen LogP contribution in [0.15, 0.2) is 36.8 Å². The molecule has 90 valence electrons. The van der Waals surface area contributed by atoms with E-state index in [1.54, 1.807) is 6.33 Å². The Kier molecular flexibility index (Phi) is 3.78. The highest BCUT2D eigenvalue weighted by atomic mass is 35.5. The summed E-state index contributed by atoms with van der Waals surface area (Å²) in [6.45, 7) is 0. The number of rotatable bonds is 4. The van der Waals surface area contributed by atoms with Crippen molar-refractivity contribution >= 4 is 11.6 Å². The van der Waals surface area contributed by atoms with E-state index in [1.807, 2.05) is 42.1 Å². The molecule has 4 nitrogen and oxygen atoms in total. The van der Waals surface area contributed by atoms with Gasteiger partial charge in [-0.05, 0) is 18.1 Å². The Morgan fingerprint density at radius 2 is 2.24 bits per heavy atom. The topological polar surface area (TPSA) is 55.9 Å². The second-order valence-electron chi connectivity index (χ2n) is 3.98. The van der Waals surface area contributed by atoms with Crippen LogP contribution in [0.1, 0.15) is 17.3 Å². The molecule has 0 aliphatic carbocycles. The molecule has 0 saturated carbocycles. The van der Waals surface area contributed by atoms with E-state index in [0.717, 1.165) is 16.3 Å². The van der Waals surface area contributed by atoms with E-state index in [1.165, 1.54) is 0 Å². The monoisotopic (exact) mass is 250 g/mol. The van der Waals surface area contributed by atoms with E-state index < -0.39 is 0 Å². The molecule has 3 N–H and O–H groups in total. The first-order chi connectivity index (χ1) is 8.20. The predicted octanol–water partition coefficient (Wildman–Crippen LogP) is 1.82. The number of hydrogen-bond acceptors (Lipinski definition) is 3. The van der Waals surface area contributed by atoms with Crippen LogP contribution in [-0.4, -0.2) is 9.55 Å². The lowest BCUT2D eigenvalue weighted by Crippen LogP contribution is -2.29. The first kappa shape index (κ1) is 12.1. The minimum absolute atomic E-state index is 0.0314. The Morgan fingerprint density at radius 1 is 1.47 bits per heavy atom. The van der Waals surface area contributed by atoms with Crippen LogP contribution in [-0.2, 0) is 13.5 Å². The minimum Gasteiger partial charge on any atom is -0.340 e. The molecule has 0 fully saturated rings. The van der Waals surface area contributed by atoms with Gasteiger partial charge < -0.3 is 4.57 Å². The number of imidazole rings is 1. The van der Waals surface area contributed by atoms with Gasteiger partial charge in [-0.25, -0.2) is 4.98 Å². The third-order valence-electron chi connectivity index (χ3n) is 2.66. The molecule has 1 aromatic carbocycles. The van der Waals surface area contributed by atoms with Crippen LogP contribution in [0.3, 0.4) is 0 Å². The molecule has 0 amide bonds. The van der Waals surface area contributed by atoms with Crippen molar-refractivity contribution in [3.05, 3.63) is 53.1 Å². The number of halogens is 1. The van der Waals surface area contributed by atoms with Crippen LogP contribution < -0.4 is 11.3 Å². The number of hydrogen-bond donors (Lipinski definition) is 2. The Labute approximate surface area is 105 Å². The van der Waals surface area contributed by atoms with Gasteiger partial charge in [0.2, 0.25) is 0 Å². The number of aryl methyl sites for hydroxylation is 1. The quantitative estimate of drug-likeness (QED) is 0.643. The van der Waals surface area contributed by atoms with Crippen molar-refractivity contribution in [3.63, 3.8) is 0 Å². The van der Waals surface area contributed by atoms with Gasteiger partial charge >= 0.3 is 0 Å². The largest absolute Gasteiger partial charge is 0.340 e. The van der Waals surface area contributed by atoms with Crippen molar-refractivity contribution in [1.82, 2.24) is 15.0 Å². The average molecular weight is 251 g/mol. The number of nitrogens with one attached hydrogen (secondary N) is 1. The summed E-state index contributed by atoms with van der Waals surface area (Å²) < 4.78 is 1.90. The first-order valence-electron chi connectivity index (χ1n) is 5.38. The van der Waals surface area contributed by atoms with Crippen LogP contribution >= 0.6 is 11.6 Å². The number of nitrogens with two attached hydrogens (primary N) is 1. The second-order valence-corrected chi connectivity index (χ2v) is 4.39. The predicted molar refractivity (Wildman–Crippen MR) is 68.4 cm³/mol. The molecule has 1 unspecified atom stereocenters.